The van der Waals surface area contributed by atoms with Crippen molar-refractivity contribution in [2.24, 2.45) is 0 Å². The number of anilines is 1. The van der Waals surface area contributed by atoms with Crippen molar-refractivity contribution in [3.63, 3.8) is 0 Å². The molecule has 0 N–H and O–H groups in total. The van der Waals surface area contributed by atoms with Gasteiger partial charge in [0.15, 0.2) is 16.9 Å². The number of aryl methyl sites for hydroxylation is 1. The van der Waals surface area contributed by atoms with Crippen LogP contribution in [0.4, 0.5) is 19.0 Å². The summed E-state index contributed by atoms with van der Waals surface area (Å²) >= 11 is 14.0. The van der Waals surface area contributed by atoms with Gasteiger partial charge in [-0.15, -0.1) is 11.3 Å². The number of rotatable bonds is 10. The van der Waals surface area contributed by atoms with Gasteiger partial charge in [-0.3, -0.25) is 0 Å². The summed E-state index contributed by atoms with van der Waals surface area (Å²) in [5.74, 6) is 0.796. The summed E-state index contributed by atoms with van der Waals surface area (Å²) in [7, 11) is 0. The third kappa shape index (κ3) is 7.21. The lowest BCUT2D eigenvalue weighted by atomic mass is 10.1. The third-order valence-electron chi connectivity index (χ3n) is 4.50. The SMILES string of the molecule is CCCc1ncnc(N(CCc2ccc(OCC(F)(F)F)cc2)Cc2cnc(Cl)s2)c1Cl. The largest absolute Gasteiger partial charge is 0.484 e. The standard InChI is InChI=1S/C21H21Cl2F3N4OS/c1-2-3-17-18(22)19(29-13-28-17)30(11-16-10-27-20(23)32-16)9-8-14-4-6-15(7-5-14)31-12-21(24,25)26/h4-7,10,13H,2-3,8-9,11-12H2,1H3. The smallest absolute Gasteiger partial charge is 0.422 e. The number of halogens is 5. The quantitative estimate of drug-likeness (QED) is 0.320. The van der Waals surface area contributed by atoms with Crippen LogP contribution in [0.15, 0.2) is 36.8 Å². The van der Waals surface area contributed by atoms with E-state index in [1.807, 2.05) is 4.90 Å². The molecule has 11 heteroatoms. The van der Waals surface area contributed by atoms with E-state index in [-0.39, 0.29) is 5.75 Å². The highest BCUT2D eigenvalue weighted by molar-refractivity contribution is 7.15. The van der Waals surface area contributed by atoms with Gasteiger partial charge < -0.3 is 9.64 Å². The molecule has 172 valence electrons. The number of aromatic nitrogens is 3. The van der Waals surface area contributed by atoms with Gasteiger partial charge in [-0.1, -0.05) is 48.7 Å². The van der Waals surface area contributed by atoms with Gasteiger partial charge in [-0.05, 0) is 30.5 Å². The third-order valence-corrected chi connectivity index (χ3v) is 5.98. The van der Waals surface area contributed by atoms with E-state index in [9.17, 15) is 13.2 Å². The molecule has 0 spiro atoms. The summed E-state index contributed by atoms with van der Waals surface area (Å²) in [6, 6.07) is 6.56. The molecule has 0 aliphatic carbocycles. The Labute approximate surface area is 198 Å². The summed E-state index contributed by atoms with van der Waals surface area (Å²) < 4.78 is 42.2. The molecule has 0 radical (unpaired) electrons. The maximum atomic E-state index is 12.3. The van der Waals surface area contributed by atoms with Crippen molar-refractivity contribution in [3.05, 3.63) is 62.4 Å². The van der Waals surface area contributed by atoms with Crippen LogP contribution in [0.5, 0.6) is 5.75 Å². The molecular weight excluding hydrogens is 484 g/mol. The van der Waals surface area contributed by atoms with Gasteiger partial charge in [-0.2, -0.15) is 13.2 Å². The fraction of sp³-hybridized carbons (Fsp3) is 0.381. The van der Waals surface area contributed by atoms with Crippen LogP contribution >= 0.6 is 34.5 Å². The van der Waals surface area contributed by atoms with Gasteiger partial charge in [-0.25, -0.2) is 15.0 Å². The first-order valence-corrected chi connectivity index (χ1v) is 11.5. The van der Waals surface area contributed by atoms with E-state index < -0.39 is 12.8 Å². The topological polar surface area (TPSA) is 51.1 Å². The van der Waals surface area contributed by atoms with E-state index in [1.165, 1.54) is 29.8 Å². The molecule has 3 aromatic rings. The number of ether oxygens (including phenoxy) is 1. The maximum Gasteiger partial charge on any atom is 0.422 e. The zero-order valence-corrected chi connectivity index (χ0v) is 19.5. The van der Waals surface area contributed by atoms with E-state index in [4.69, 9.17) is 27.9 Å². The molecule has 0 amide bonds. The van der Waals surface area contributed by atoms with Crippen molar-refractivity contribution in [1.82, 2.24) is 15.0 Å². The van der Waals surface area contributed by atoms with Crippen molar-refractivity contribution in [2.75, 3.05) is 18.1 Å². The monoisotopic (exact) mass is 504 g/mol. The van der Waals surface area contributed by atoms with Crippen LogP contribution in [-0.2, 0) is 19.4 Å². The average molecular weight is 505 g/mol. The van der Waals surface area contributed by atoms with Crippen LogP contribution in [0.1, 0.15) is 29.5 Å². The molecule has 0 atom stereocenters. The Morgan fingerprint density at radius 3 is 2.44 bits per heavy atom. The predicted molar refractivity (Wildman–Crippen MR) is 121 cm³/mol. The van der Waals surface area contributed by atoms with Gasteiger partial charge in [0.1, 0.15) is 17.1 Å². The Morgan fingerprint density at radius 2 is 1.81 bits per heavy atom. The second-order valence-corrected chi connectivity index (χ2v) is 9.08. The Morgan fingerprint density at radius 1 is 1.06 bits per heavy atom. The van der Waals surface area contributed by atoms with Crippen molar-refractivity contribution >= 4 is 40.4 Å². The van der Waals surface area contributed by atoms with E-state index in [0.29, 0.717) is 34.8 Å². The molecular formula is C21H21Cl2F3N4OS. The van der Waals surface area contributed by atoms with Gasteiger partial charge in [0, 0.05) is 17.6 Å². The molecule has 1 aromatic carbocycles. The highest BCUT2D eigenvalue weighted by atomic mass is 35.5. The lowest BCUT2D eigenvalue weighted by Crippen LogP contribution is -2.26. The van der Waals surface area contributed by atoms with Crippen LogP contribution in [0.3, 0.4) is 0 Å². The van der Waals surface area contributed by atoms with E-state index >= 15 is 0 Å². The molecule has 0 bridgehead atoms. The summed E-state index contributed by atoms with van der Waals surface area (Å²) in [6.45, 7) is 1.82. The summed E-state index contributed by atoms with van der Waals surface area (Å²) in [6.07, 6.45) is 1.12. The predicted octanol–water partition coefficient (Wildman–Crippen LogP) is 6.38. The summed E-state index contributed by atoms with van der Waals surface area (Å²) in [4.78, 5) is 15.8. The molecule has 0 unspecified atom stereocenters. The van der Waals surface area contributed by atoms with Crippen molar-refractivity contribution in [3.8, 4) is 5.75 Å². The van der Waals surface area contributed by atoms with Gasteiger partial charge in [0.05, 0.1) is 12.2 Å². The van der Waals surface area contributed by atoms with Crippen molar-refractivity contribution in [1.29, 1.82) is 0 Å². The fourth-order valence-electron chi connectivity index (χ4n) is 3.01. The number of thiazole rings is 1. The van der Waals surface area contributed by atoms with E-state index in [2.05, 4.69) is 21.9 Å². The van der Waals surface area contributed by atoms with Gasteiger partial charge in [0.25, 0.3) is 0 Å². The number of alkyl halides is 3. The Kier molecular flexibility index (Phi) is 8.56. The highest BCUT2D eigenvalue weighted by Crippen LogP contribution is 2.29. The molecule has 32 heavy (non-hydrogen) atoms. The summed E-state index contributed by atoms with van der Waals surface area (Å²) in [5, 5.41) is 0.515. The molecule has 2 heterocycles. The number of benzene rings is 1. The number of hydrogen-bond acceptors (Lipinski definition) is 6. The number of hydrogen-bond donors (Lipinski definition) is 0. The molecule has 0 aliphatic heterocycles. The molecule has 0 saturated heterocycles. The lowest BCUT2D eigenvalue weighted by molar-refractivity contribution is -0.153. The van der Waals surface area contributed by atoms with Gasteiger partial charge in [0.2, 0.25) is 0 Å². The van der Waals surface area contributed by atoms with E-state index in [1.54, 1.807) is 18.3 Å². The first kappa shape index (κ1) is 24.5. The molecule has 3 rings (SSSR count). The molecule has 0 saturated carbocycles. The zero-order chi connectivity index (χ0) is 23.1. The van der Waals surface area contributed by atoms with Crippen LogP contribution in [0.2, 0.25) is 9.49 Å². The summed E-state index contributed by atoms with van der Waals surface area (Å²) in [5.41, 5.74) is 1.73. The van der Waals surface area contributed by atoms with Gasteiger partial charge >= 0.3 is 6.18 Å². The maximum absolute atomic E-state index is 12.3. The minimum absolute atomic E-state index is 0.172. The van der Waals surface area contributed by atoms with Crippen LogP contribution in [-0.4, -0.2) is 34.3 Å². The molecule has 2 aromatic heterocycles. The first-order chi connectivity index (χ1) is 15.2. The average Bonchev–Trinajstić information content (AvgIpc) is 3.16. The second kappa shape index (κ2) is 11.2. The van der Waals surface area contributed by atoms with E-state index in [0.717, 1.165) is 29.0 Å². The normalized spacial score (nSPS) is 11.6. The van der Waals surface area contributed by atoms with Crippen LogP contribution in [0.25, 0.3) is 0 Å². The van der Waals surface area contributed by atoms with Crippen LogP contribution < -0.4 is 9.64 Å². The van der Waals surface area contributed by atoms with Crippen molar-refractivity contribution in [2.45, 2.75) is 38.9 Å². The highest BCUT2D eigenvalue weighted by Gasteiger charge is 2.28. The Hall–Kier alpha value is -2.10. The minimum atomic E-state index is -4.37. The fourth-order valence-corrected chi connectivity index (χ4v) is 4.32. The Bertz CT molecular complexity index is 1020. The van der Waals surface area contributed by atoms with Crippen molar-refractivity contribution < 1.29 is 17.9 Å². The lowest BCUT2D eigenvalue weighted by Gasteiger charge is -2.24. The Balaban J connectivity index is 1.74. The molecule has 0 fully saturated rings. The second-order valence-electron chi connectivity index (χ2n) is 7.01. The molecule has 0 aliphatic rings. The minimum Gasteiger partial charge on any atom is -0.484 e. The zero-order valence-electron chi connectivity index (χ0n) is 17.2. The first-order valence-electron chi connectivity index (χ1n) is 9.88. The number of nitrogens with zero attached hydrogens (tertiary/aromatic N) is 4. The van der Waals surface area contributed by atoms with Crippen LogP contribution in [0, 0.1) is 0 Å². The molecule has 5 nitrogen and oxygen atoms in total.